The van der Waals surface area contributed by atoms with Gasteiger partial charge in [0.2, 0.25) is 0 Å². The van der Waals surface area contributed by atoms with Crippen molar-refractivity contribution in [3.8, 4) is 0 Å². The molecule has 0 saturated heterocycles. The Balaban J connectivity index is 2.44. The molecule has 0 bridgehead atoms. The van der Waals surface area contributed by atoms with Crippen molar-refractivity contribution in [2.24, 2.45) is 5.73 Å². The lowest BCUT2D eigenvalue weighted by Crippen LogP contribution is -2.15. The highest BCUT2D eigenvalue weighted by Crippen LogP contribution is 2.29. The monoisotopic (exact) mass is 372 g/mol. The van der Waals surface area contributed by atoms with Gasteiger partial charge in [0.1, 0.15) is 16.4 Å². The van der Waals surface area contributed by atoms with Crippen LogP contribution in [0.3, 0.4) is 0 Å². The Morgan fingerprint density at radius 2 is 1.76 bits per heavy atom. The van der Waals surface area contributed by atoms with Gasteiger partial charge in [-0.15, -0.1) is 0 Å². The first-order valence-corrected chi connectivity index (χ1v) is 8.61. The number of aryl methyl sites for hydroxylation is 3. The SMILES string of the molecule is Cc1cc(Br)cc(C)c1NS(=O)(=O)c1cc(CN)oc1C. The van der Waals surface area contributed by atoms with Crippen LogP contribution in [0.25, 0.3) is 0 Å². The number of hydrogen-bond acceptors (Lipinski definition) is 4. The molecule has 0 atom stereocenters. The molecule has 0 spiro atoms. The van der Waals surface area contributed by atoms with E-state index in [0.29, 0.717) is 17.2 Å². The van der Waals surface area contributed by atoms with E-state index in [-0.39, 0.29) is 11.4 Å². The van der Waals surface area contributed by atoms with Crippen molar-refractivity contribution in [2.75, 3.05) is 4.72 Å². The van der Waals surface area contributed by atoms with Crippen molar-refractivity contribution in [3.05, 3.63) is 45.3 Å². The summed E-state index contributed by atoms with van der Waals surface area (Å²) < 4.78 is 33.9. The molecule has 0 saturated carbocycles. The van der Waals surface area contributed by atoms with E-state index in [4.69, 9.17) is 10.2 Å². The third-order valence-corrected chi connectivity index (χ3v) is 5.06. The van der Waals surface area contributed by atoms with Gasteiger partial charge in [0.25, 0.3) is 10.0 Å². The number of benzene rings is 1. The molecule has 0 aliphatic heterocycles. The summed E-state index contributed by atoms with van der Waals surface area (Å²) in [6, 6.07) is 5.18. The highest BCUT2D eigenvalue weighted by molar-refractivity contribution is 9.10. The van der Waals surface area contributed by atoms with E-state index in [1.807, 2.05) is 26.0 Å². The highest BCUT2D eigenvalue weighted by atomic mass is 79.9. The summed E-state index contributed by atoms with van der Waals surface area (Å²) in [5.41, 5.74) is 7.73. The third-order valence-electron chi connectivity index (χ3n) is 3.15. The second-order valence-corrected chi connectivity index (χ2v) is 7.42. The number of hydrogen-bond donors (Lipinski definition) is 2. The van der Waals surface area contributed by atoms with Crippen LogP contribution in [-0.4, -0.2) is 8.42 Å². The minimum atomic E-state index is -3.71. The van der Waals surface area contributed by atoms with Crippen LogP contribution < -0.4 is 10.5 Å². The minimum absolute atomic E-state index is 0.115. The van der Waals surface area contributed by atoms with Crippen molar-refractivity contribution in [2.45, 2.75) is 32.2 Å². The van der Waals surface area contributed by atoms with Crippen molar-refractivity contribution in [3.63, 3.8) is 0 Å². The maximum atomic E-state index is 12.5. The summed E-state index contributed by atoms with van der Waals surface area (Å²) in [6.45, 7) is 5.47. The Morgan fingerprint density at radius 1 is 1.19 bits per heavy atom. The molecule has 2 aromatic rings. The number of halogens is 1. The van der Waals surface area contributed by atoms with Crippen LogP contribution in [0.4, 0.5) is 5.69 Å². The van der Waals surface area contributed by atoms with Crippen molar-refractivity contribution < 1.29 is 12.8 Å². The summed E-state index contributed by atoms with van der Waals surface area (Å²) in [4.78, 5) is 0.115. The molecule has 1 aromatic heterocycles. The second-order valence-electron chi connectivity index (χ2n) is 4.86. The van der Waals surface area contributed by atoms with Crippen LogP contribution in [0.1, 0.15) is 22.6 Å². The fourth-order valence-corrected chi connectivity index (χ4v) is 4.25. The normalized spacial score (nSPS) is 11.7. The summed E-state index contributed by atoms with van der Waals surface area (Å²) in [7, 11) is -3.71. The maximum absolute atomic E-state index is 12.5. The second kappa shape index (κ2) is 5.82. The zero-order chi connectivity index (χ0) is 15.8. The standard InChI is InChI=1S/C14H17BrN2O3S/c1-8-4-11(15)5-9(2)14(8)17-21(18,19)13-6-12(7-16)20-10(13)3/h4-6,17H,7,16H2,1-3H3. The van der Waals surface area contributed by atoms with E-state index in [1.54, 1.807) is 6.92 Å². The molecule has 2 rings (SSSR count). The zero-order valence-corrected chi connectivity index (χ0v) is 14.4. The van der Waals surface area contributed by atoms with Crippen LogP contribution in [0, 0.1) is 20.8 Å². The molecule has 0 radical (unpaired) electrons. The predicted octanol–water partition coefficient (Wildman–Crippen LogP) is 3.23. The van der Waals surface area contributed by atoms with Gasteiger partial charge in [0, 0.05) is 10.5 Å². The molecule has 0 unspecified atom stereocenters. The molecule has 7 heteroatoms. The number of nitrogens with one attached hydrogen (secondary N) is 1. The van der Waals surface area contributed by atoms with Gasteiger partial charge in [-0.25, -0.2) is 8.42 Å². The molecule has 5 nitrogen and oxygen atoms in total. The van der Waals surface area contributed by atoms with Gasteiger partial charge in [-0.05, 0) is 44.0 Å². The molecule has 0 amide bonds. The molecule has 0 fully saturated rings. The lowest BCUT2D eigenvalue weighted by molar-refractivity contribution is 0.479. The van der Waals surface area contributed by atoms with Crippen LogP contribution in [-0.2, 0) is 16.6 Å². The number of nitrogens with two attached hydrogens (primary N) is 1. The molecular weight excluding hydrogens is 356 g/mol. The van der Waals surface area contributed by atoms with E-state index in [1.165, 1.54) is 6.07 Å². The van der Waals surface area contributed by atoms with Gasteiger partial charge in [0.05, 0.1) is 12.2 Å². The van der Waals surface area contributed by atoms with E-state index in [0.717, 1.165) is 15.6 Å². The van der Waals surface area contributed by atoms with Crippen LogP contribution in [0.15, 0.2) is 32.0 Å². The van der Waals surface area contributed by atoms with Crippen molar-refractivity contribution in [1.82, 2.24) is 0 Å². The molecular formula is C14H17BrN2O3S. The van der Waals surface area contributed by atoms with E-state index in [9.17, 15) is 8.42 Å². The Labute approximate surface area is 132 Å². The molecule has 21 heavy (non-hydrogen) atoms. The van der Waals surface area contributed by atoms with Crippen molar-refractivity contribution in [1.29, 1.82) is 0 Å². The molecule has 3 N–H and O–H groups in total. The number of furan rings is 1. The van der Waals surface area contributed by atoms with Crippen molar-refractivity contribution >= 4 is 31.6 Å². The Kier molecular flexibility index (Phi) is 4.46. The number of rotatable bonds is 4. The van der Waals surface area contributed by atoms with Gasteiger partial charge in [-0.2, -0.15) is 0 Å². The maximum Gasteiger partial charge on any atom is 0.265 e. The first-order valence-electron chi connectivity index (χ1n) is 6.33. The highest BCUT2D eigenvalue weighted by Gasteiger charge is 2.22. The molecule has 1 heterocycles. The average Bonchev–Trinajstić information content (AvgIpc) is 2.76. The number of anilines is 1. The first-order chi connectivity index (χ1) is 9.74. The summed E-state index contributed by atoms with van der Waals surface area (Å²) in [5.74, 6) is 0.771. The van der Waals surface area contributed by atoms with Gasteiger partial charge < -0.3 is 10.2 Å². The van der Waals surface area contributed by atoms with Gasteiger partial charge in [0.15, 0.2) is 0 Å². The minimum Gasteiger partial charge on any atom is -0.464 e. The van der Waals surface area contributed by atoms with Crippen LogP contribution in [0.5, 0.6) is 0 Å². The van der Waals surface area contributed by atoms with Crippen LogP contribution in [0.2, 0.25) is 0 Å². The fourth-order valence-electron chi connectivity index (χ4n) is 2.15. The molecule has 1 aromatic carbocycles. The predicted molar refractivity (Wildman–Crippen MR) is 85.8 cm³/mol. The van der Waals surface area contributed by atoms with E-state index in [2.05, 4.69) is 20.7 Å². The average molecular weight is 373 g/mol. The quantitative estimate of drug-likeness (QED) is 0.862. The number of sulfonamides is 1. The Morgan fingerprint density at radius 3 is 2.24 bits per heavy atom. The molecule has 0 aliphatic rings. The lowest BCUT2D eigenvalue weighted by Gasteiger charge is -2.13. The molecule has 0 aliphatic carbocycles. The zero-order valence-electron chi connectivity index (χ0n) is 12.0. The van der Waals surface area contributed by atoms with E-state index >= 15 is 0 Å². The third kappa shape index (κ3) is 3.30. The smallest absolute Gasteiger partial charge is 0.265 e. The largest absolute Gasteiger partial charge is 0.464 e. The van der Waals surface area contributed by atoms with Crippen LogP contribution >= 0.6 is 15.9 Å². The van der Waals surface area contributed by atoms with Gasteiger partial charge >= 0.3 is 0 Å². The first kappa shape index (κ1) is 16.1. The summed E-state index contributed by atoms with van der Waals surface area (Å²) in [5, 5.41) is 0. The lowest BCUT2D eigenvalue weighted by atomic mass is 10.1. The summed E-state index contributed by atoms with van der Waals surface area (Å²) >= 11 is 3.39. The van der Waals surface area contributed by atoms with E-state index < -0.39 is 10.0 Å². The Bertz CT molecular complexity index is 759. The topological polar surface area (TPSA) is 85.3 Å². The van der Waals surface area contributed by atoms with Gasteiger partial charge in [-0.1, -0.05) is 15.9 Å². The van der Waals surface area contributed by atoms with Gasteiger partial charge in [-0.3, -0.25) is 4.72 Å². The fraction of sp³-hybridized carbons (Fsp3) is 0.286. The Hall–Kier alpha value is -1.31. The molecule has 114 valence electrons. The summed E-state index contributed by atoms with van der Waals surface area (Å²) in [6.07, 6.45) is 0.